The zero-order valence-electron chi connectivity index (χ0n) is 13.8. The summed E-state index contributed by atoms with van der Waals surface area (Å²) in [4.78, 5) is 11.8. The van der Waals surface area contributed by atoms with Crippen LogP contribution in [0.5, 0.6) is 0 Å². The first-order valence-corrected chi connectivity index (χ1v) is 9.33. The van der Waals surface area contributed by atoms with Gasteiger partial charge in [-0.05, 0) is 36.6 Å². The lowest BCUT2D eigenvalue weighted by Crippen LogP contribution is -2.25. The van der Waals surface area contributed by atoms with Gasteiger partial charge in [0.2, 0.25) is 5.91 Å². The van der Waals surface area contributed by atoms with Crippen molar-refractivity contribution in [3.05, 3.63) is 71.3 Å². The van der Waals surface area contributed by atoms with Crippen molar-refractivity contribution >= 4 is 17.7 Å². The van der Waals surface area contributed by atoms with Crippen molar-refractivity contribution < 1.29 is 4.79 Å². The number of thioether (sulfide) groups is 1. The van der Waals surface area contributed by atoms with Crippen LogP contribution in [0.15, 0.2) is 54.6 Å². The molecule has 1 N–H and O–H groups in total. The molecule has 0 atom stereocenters. The summed E-state index contributed by atoms with van der Waals surface area (Å²) in [6.07, 6.45) is 2.57. The minimum absolute atomic E-state index is 0.157. The van der Waals surface area contributed by atoms with Gasteiger partial charge in [0, 0.05) is 18.7 Å². The fraction of sp³-hybridized carbons (Fsp3) is 0.350. The Morgan fingerprint density at radius 3 is 2.35 bits per heavy atom. The minimum Gasteiger partial charge on any atom is -0.356 e. The van der Waals surface area contributed by atoms with Crippen molar-refractivity contribution in [2.45, 2.75) is 26.2 Å². The van der Waals surface area contributed by atoms with E-state index in [9.17, 15) is 4.79 Å². The highest BCUT2D eigenvalue weighted by molar-refractivity contribution is 7.99. The van der Waals surface area contributed by atoms with Gasteiger partial charge in [-0.25, -0.2) is 0 Å². The number of amides is 1. The molecule has 3 heteroatoms. The zero-order valence-corrected chi connectivity index (χ0v) is 14.6. The summed E-state index contributed by atoms with van der Waals surface area (Å²) in [6.45, 7) is 2.80. The van der Waals surface area contributed by atoms with Crippen LogP contribution in [0, 0.1) is 6.92 Å². The monoisotopic (exact) mass is 327 g/mol. The van der Waals surface area contributed by atoms with E-state index in [-0.39, 0.29) is 5.91 Å². The molecule has 0 aliphatic carbocycles. The summed E-state index contributed by atoms with van der Waals surface area (Å²) in [6, 6.07) is 19.0. The van der Waals surface area contributed by atoms with E-state index in [1.54, 1.807) is 0 Å². The maximum absolute atomic E-state index is 11.8. The van der Waals surface area contributed by atoms with Gasteiger partial charge in [-0.15, -0.1) is 0 Å². The molecule has 1 amide bonds. The van der Waals surface area contributed by atoms with Crippen LogP contribution < -0.4 is 5.32 Å². The third-order valence-electron chi connectivity index (χ3n) is 3.71. The average molecular weight is 327 g/mol. The predicted octanol–water partition coefficient (Wildman–Crippen LogP) is 4.02. The fourth-order valence-corrected chi connectivity index (χ4v) is 3.20. The standard InChI is InChI=1S/C20H25NOS/c1-17-7-9-19(10-8-17)11-14-21-20(22)13-16-23-15-12-18-5-3-2-4-6-18/h2-10H,11-16H2,1H3,(H,21,22). The van der Waals surface area contributed by atoms with Gasteiger partial charge in [-0.1, -0.05) is 60.2 Å². The lowest BCUT2D eigenvalue weighted by molar-refractivity contribution is -0.120. The second kappa shape index (κ2) is 10.1. The molecule has 122 valence electrons. The van der Waals surface area contributed by atoms with Crippen LogP contribution in [-0.4, -0.2) is 24.0 Å². The number of nitrogens with one attached hydrogen (secondary N) is 1. The van der Waals surface area contributed by atoms with Gasteiger partial charge >= 0.3 is 0 Å². The van der Waals surface area contributed by atoms with Crippen LogP contribution in [0.1, 0.15) is 23.1 Å². The van der Waals surface area contributed by atoms with Crippen LogP contribution in [-0.2, 0) is 17.6 Å². The van der Waals surface area contributed by atoms with Gasteiger partial charge < -0.3 is 5.32 Å². The largest absolute Gasteiger partial charge is 0.356 e. The molecule has 23 heavy (non-hydrogen) atoms. The quantitative estimate of drug-likeness (QED) is 0.705. The van der Waals surface area contributed by atoms with E-state index >= 15 is 0 Å². The van der Waals surface area contributed by atoms with Gasteiger partial charge in [0.1, 0.15) is 0 Å². The number of aryl methyl sites for hydroxylation is 2. The smallest absolute Gasteiger partial charge is 0.220 e. The van der Waals surface area contributed by atoms with Gasteiger partial charge in [-0.2, -0.15) is 11.8 Å². The lowest BCUT2D eigenvalue weighted by Gasteiger charge is -2.06. The molecular weight excluding hydrogens is 302 g/mol. The molecule has 0 bridgehead atoms. The molecule has 0 aliphatic heterocycles. The second-order valence-corrected chi connectivity index (χ2v) is 6.91. The van der Waals surface area contributed by atoms with Gasteiger partial charge in [-0.3, -0.25) is 4.79 Å². The van der Waals surface area contributed by atoms with Crippen LogP contribution >= 0.6 is 11.8 Å². The minimum atomic E-state index is 0.157. The summed E-state index contributed by atoms with van der Waals surface area (Å²) in [5.74, 6) is 2.12. The average Bonchev–Trinajstić information content (AvgIpc) is 2.57. The SMILES string of the molecule is Cc1ccc(CCNC(=O)CCSCCc2ccccc2)cc1. The molecule has 0 heterocycles. The fourth-order valence-electron chi connectivity index (χ4n) is 2.29. The van der Waals surface area contributed by atoms with Crippen LogP contribution in [0.2, 0.25) is 0 Å². The molecule has 0 fully saturated rings. The number of rotatable bonds is 9. The van der Waals surface area contributed by atoms with E-state index < -0.39 is 0 Å². The highest BCUT2D eigenvalue weighted by atomic mass is 32.2. The Morgan fingerprint density at radius 2 is 1.61 bits per heavy atom. The first-order valence-electron chi connectivity index (χ1n) is 8.18. The molecule has 2 aromatic carbocycles. The Balaban J connectivity index is 1.51. The van der Waals surface area contributed by atoms with E-state index in [0.29, 0.717) is 6.42 Å². The summed E-state index contributed by atoms with van der Waals surface area (Å²) in [7, 11) is 0. The Bertz CT molecular complexity index is 580. The Morgan fingerprint density at radius 1 is 0.913 bits per heavy atom. The van der Waals surface area contributed by atoms with E-state index in [4.69, 9.17) is 0 Å². The number of carbonyl (C=O) groups is 1. The third-order valence-corrected chi connectivity index (χ3v) is 4.69. The predicted molar refractivity (Wildman–Crippen MR) is 100.0 cm³/mol. The summed E-state index contributed by atoms with van der Waals surface area (Å²) < 4.78 is 0. The molecule has 2 aromatic rings. The van der Waals surface area contributed by atoms with Crippen molar-refractivity contribution in [2.75, 3.05) is 18.1 Å². The van der Waals surface area contributed by atoms with Crippen molar-refractivity contribution in [1.82, 2.24) is 5.32 Å². The number of hydrogen-bond donors (Lipinski definition) is 1. The zero-order chi connectivity index (χ0) is 16.3. The van der Waals surface area contributed by atoms with E-state index in [1.807, 2.05) is 17.8 Å². The molecule has 2 rings (SSSR count). The summed E-state index contributed by atoms with van der Waals surface area (Å²) >= 11 is 1.85. The number of carbonyl (C=O) groups excluding carboxylic acids is 1. The number of benzene rings is 2. The first kappa shape index (κ1) is 17.6. The van der Waals surface area contributed by atoms with Crippen LogP contribution in [0.3, 0.4) is 0 Å². The maximum atomic E-state index is 11.8. The van der Waals surface area contributed by atoms with Crippen molar-refractivity contribution in [3.63, 3.8) is 0 Å². The van der Waals surface area contributed by atoms with Gasteiger partial charge in [0.05, 0.1) is 0 Å². The highest BCUT2D eigenvalue weighted by Crippen LogP contribution is 2.08. The van der Waals surface area contributed by atoms with E-state index in [1.165, 1.54) is 16.7 Å². The molecule has 0 spiro atoms. The highest BCUT2D eigenvalue weighted by Gasteiger charge is 2.01. The Kier molecular flexibility index (Phi) is 7.74. The first-order chi connectivity index (χ1) is 11.2. The molecule has 0 saturated heterocycles. The normalized spacial score (nSPS) is 10.5. The van der Waals surface area contributed by atoms with E-state index in [2.05, 4.69) is 60.8 Å². The molecule has 0 aromatic heterocycles. The molecule has 0 saturated carbocycles. The molecule has 0 aliphatic rings. The molecule has 0 radical (unpaired) electrons. The lowest BCUT2D eigenvalue weighted by atomic mass is 10.1. The van der Waals surface area contributed by atoms with Gasteiger partial charge in [0.15, 0.2) is 0 Å². The summed E-state index contributed by atoms with van der Waals surface area (Å²) in [5, 5.41) is 3.00. The van der Waals surface area contributed by atoms with Crippen LogP contribution in [0.4, 0.5) is 0 Å². The van der Waals surface area contributed by atoms with Crippen molar-refractivity contribution in [3.8, 4) is 0 Å². The summed E-state index contributed by atoms with van der Waals surface area (Å²) in [5.41, 5.74) is 3.90. The van der Waals surface area contributed by atoms with Crippen molar-refractivity contribution in [1.29, 1.82) is 0 Å². The molecule has 0 unspecified atom stereocenters. The Hall–Kier alpha value is -1.74. The van der Waals surface area contributed by atoms with Crippen molar-refractivity contribution in [2.24, 2.45) is 0 Å². The topological polar surface area (TPSA) is 29.1 Å². The van der Waals surface area contributed by atoms with Gasteiger partial charge in [0.25, 0.3) is 0 Å². The third kappa shape index (κ3) is 7.38. The molecular formula is C20H25NOS. The number of hydrogen-bond acceptors (Lipinski definition) is 2. The van der Waals surface area contributed by atoms with E-state index in [0.717, 1.165) is 30.9 Å². The molecule has 2 nitrogen and oxygen atoms in total. The van der Waals surface area contributed by atoms with Crippen LogP contribution in [0.25, 0.3) is 0 Å². The second-order valence-electron chi connectivity index (χ2n) is 5.68. The Labute approximate surface area is 143 Å². The maximum Gasteiger partial charge on any atom is 0.220 e.